The van der Waals surface area contributed by atoms with Crippen molar-refractivity contribution in [2.45, 2.75) is 123 Å². The third-order valence-corrected chi connectivity index (χ3v) is 15.0. The van der Waals surface area contributed by atoms with Crippen LogP contribution in [0.3, 0.4) is 0 Å². The van der Waals surface area contributed by atoms with E-state index in [1.54, 1.807) is 11.0 Å². The molecule has 1 aromatic carbocycles. The Hall–Kier alpha value is -3.88. The van der Waals surface area contributed by atoms with Gasteiger partial charge in [-0.1, -0.05) is 26.0 Å². The van der Waals surface area contributed by atoms with Crippen LogP contribution in [-0.2, 0) is 13.9 Å². The molecule has 2 aliphatic rings. The summed E-state index contributed by atoms with van der Waals surface area (Å²) in [6.07, 6.45) is 4.58. The number of amides is 1. The molecular weight excluding hydrogens is 682 g/mol. The van der Waals surface area contributed by atoms with Gasteiger partial charge >= 0.3 is 6.09 Å². The van der Waals surface area contributed by atoms with E-state index >= 15 is 0 Å². The van der Waals surface area contributed by atoms with Crippen molar-refractivity contribution in [1.29, 1.82) is 0 Å². The number of fused-ring (bicyclic) bond motifs is 1. The number of hydrogen-bond donors (Lipinski definition) is 0. The minimum Gasteiger partial charge on any atom is -0.482 e. The molecule has 14 heteroatoms. The van der Waals surface area contributed by atoms with Gasteiger partial charge in [-0.2, -0.15) is 5.10 Å². The van der Waals surface area contributed by atoms with Gasteiger partial charge in [0.05, 0.1) is 35.8 Å². The number of rotatable bonds is 9. The lowest BCUT2D eigenvalue weighted by atomic mass is 10.0. The van der Waals surface area contributed by atoms with Crippen LogP contribution in [0, 0.1) is 12.7 Å². The molecule has 12 nitrogen and oxygen atoms in total. The molecule has 0 saturated carbocycles. The molecule has 3 aromatic heterocycles. The molecule has 5 heterocycles. The highest BCUT2D eigenvalue weighted by Gasteiger charge is 2.38. The molecule has 282 valence electrons. The first kappa shape index (κ1) is 37.9. The first-order valence-electron chi connectivity index (χ1n) is 18.5. The zero-order chi connectivity index (χ0) is 37.4. The highest BCUT2D eigenvalue weighted by molar-refractivity contribution is 6.74. The number of halogens is 1. The molecule has 0 aliphatic carbocycles. The summed E-state index contributed by atoms with van der Waals surface area (Å²) in [4.78, 5) is 18.8. The van der Waals surface area contributed by atoms with Gasteiger partial charge in [0.25, 0.3) is 0 Å². The van der Waals surface area contributed by atoms with Crippen LogP contribution < -0.4 is 4.74 Å². The zero-order valence-electron chi connectivity index (χ0n) is 32.1. The third kappa shape index (κ3) is 8.34. The highest BCUT2D eigenvalue weighted by Crippen LogP contribution is 2.39. The molecule has 52 heavy (non-hydrogen) atoms. The standard InChI is InChI=1S/C38H54FN7O5Si/c1-25-34(41-43-45(25)27-17-19-44(20-18-27)36(47)51-37(2,3)4)35-29-22-28(14-16-31(29)46(42-35)33-12-10-11-21-48-33)50-32(30-15-13-26(39)23-40-30)24-49-52(8,9)38(5,6)7/h13-16,22-23,27,32-33H,10-12,17-21,24H2,1-9H3/t32-,33?/m1/s1. The molecule has 0 N–H and O–H groups in total. The molecule has 0 bridgehead atoms. The summed E-state index contributed by atoms with van der Waals surface area (Å²) < 4.78 is 42.9. The number of pyridine rings is 1. The maximum absolute atomic E-state index is 13.9. The van der Waals surface area contributed by atoms with Gasteiger partial charge in [-0.05, 0) is 108 Å². The lowest BCUT2D eigenvalue weighted by Crippen LogP contribution is -2.42. The Balaban J connectivity index is 1.31. The van der Waals surface area contributed by atoms with Crippen molar-refractivity contribution in [3.8, 4) is 17.1 Å². The van der Waals surface area contributed by atoms with Gasteiger partial charge in [0, 0.05) is 25.1 Å². The predicted molar refractivity (Wildman–Crippen MR) is 199 cm³/mol. The summed E-state index contributed by atoms with van der Waals surface area (Å²) >= 11 is 0. The van der Waals surface area contributed by atoms with Crippen molar-refractivity contribution >= 4 is 25.3 Å². The second kappa shape index (κ2) is 14.9. The van der Waals surface area contributed by atoms with Crippen molar-refractivity contribution in [3.63, 3.8) is 0 Å². The lowest BCUT2D eigenvalue weighted by Gasteiger charge is -2.37. The van der Waals surface area contributed by atoms with Crippen LogP contribution in [0.4, 0.5) is 9.18 Å². The van der Waals surface area contributed by atoms with E-state index in [4.69, 9.17) is 23.7 Å². The van der Waals surface area contributed by atoms with Crippen molar-refractivity contribution in [3.05, 3.63) is 53.7 Å². The Morgan fingerprint density at radius 1 is 1.02 bits per heavy atom. The number of carbonyl (C=O) groups is 1. The molecule has 0 spiro atoms. The molecule has 2 saturated heterocycles. The number of carbonyl (C=O) groups excluding carboxylic acids is 1. The number of hydrogen-bond acceptors (Lipinski definition) is 9. The van der Waals surface area contributed by atoms with Crippen LogP contribution in [0.15, 0.2) is 36.5 Å². The quantitative estimate of drug-likeness (QED) is 0.156. The molecule has 2 fully saturated rings. The molecular formula is C38H54FN7O5Si. The molecule has 0 radical (unpaired) electrons. The number of aromatic nitrogens is 6. The first-order chi connectivity index (χ1) is 24.5. The first-order valence-corrected chi connectivity index (χ1v) is 21.4. The maximum Gasteiger partial charge on any atom is 0.410 e. The van der Waals surface area contributed by atoms with E-state index in [0.717, 1.165) is 48.7 Å². The van der Waals surface area contributed by atoms with Crippen molar-refractivity contribution in [1.82, 2.24) is 34.7 Å². The second-order valence-electron chi connectivity index (χ2n) is 16.5. The number of piperidine rings is 1. The van der Waals surface area contributed by atoms with Crippen molar-refractivity contribution < 1.29 is 27.8 Å². The summed E-state index contributed by atoms with van der Waals surface area (Å²) in [5.41, 5.74) is 3.23. The average Bonchev–Trinajstić information content (AvgIpc) is 3.66. The average molecular weight is 736 g/mol. The number of ether oxygens (including phenoxy) is 3. The largest absolute Gasteiger partial charge is 0.482 e. The predicted octanol–water partition coefficient (Wildman–Crippen LogP) is 8.55. The maximum atomic E-state index is 13.9. The Morgan fingerprint density at radius 3 is 2.40 bits per heavy atom. The molecule has 1 amide bonds. The molecule has 6 rings (SSSR count). The highest BCUT2D eigenvalue weighted by atomic mass is 28.4. The Morgan fingerprint density at radius 2 is 1.77 bits per heavy atom. The van der Waals surface area contributed by atoms with Gasteiger partial charge in [0.1, 0.15) is 28.6 Å². The van der Waals surface area contributed by atoms with Crippen molar-refractivity contribution in [2.24, 2.45) is 0 Å². The van der Waals surface area contributed by atoms with Gasteiger partial charge in [-0.15, -0.1) is 5.10 Å². The number of likely N-dealkylation sites (tertiary alicyclic amines) is 1. The second-order valence-corrected chi connectivity index (χ2v) is 21.3. The van der Waals surface area contributed by atoms with E-state index in [0.29, 0.717) is 42.5 Å². The molecule has 2 atom stereocenters. The van der Waals surface area contributed by atoms with Gasteiger partial charge in [-0.25, -0.2) is 18.5 Å². The fourth-order valence-corrected chi connectivity index (χ4v) is 7.45. The summed E-state index contributed by atoms with van der Waals surface area (Å²) in [7, 11) is -2.13. The summed E-state index contributed by atoms with van der Waals surface area (Å²) in [5.74, 6) is 0.195. The minimum atomic E-state index is -2.13. The topological polar surface area (TPSA) is 119 Å². The fraction of sp³-hybridized carbons (Fsp3) is 0.605. The van der Waals surface area contributed by atoms with Crippen LogP contribution in [-0.4, -0.2) is 81.0 Å². The monoisotopic (exact) mass is 735 g/mol. The van der Waals surface area contributed by atoms with Crippen LogP contribution in [0.1, 0.15) is 103 Å². The molecule has 2 aliphatic heterocycles. The van der Waals surface area contributed by atoms with Crippen molar-refractivity contribution in [2.75, 3.05) is 26.3 Å². The minimum absolute atomic E-state index is 0.00175. The van der Waals surface area contributed by atoms with Crippen LogP contribution in [0.5, 0.6) is 5.75 Å². The smallest absolute Gasteiger partial charge is 0.410 e. The number of benzene rings is 1. The van der Waals surface area contributed by atoms with E-state index in [1.807, 2.05) is 55.3 Å². The van der Waals surface area contributed by atoms with E-state index in [2.05, 4.69) is 49.2 Å². The van der Waals surface area contributed by atoms with E-state index in [9.17, 15) is 9.18 Å². The lowest BCUT2D eigenvalue weighted by molar-refractivity contribution is -0.0365. The molecule has 4 aromatic rings. The van der Waals surface area contributed by atoms with Crippen LogP contribution in [0.2, 0.25) is 18.1 Å². The van der Waals surface area contributed by atoms with Gasteiger partial charge < -0.3 is 23.5 Å². The Labute approximate surface area is 307 Å². The Bertz CT molecular complexity index is 1850. The summed E-state index contributed by atoms with van der Waals surface area (Å²) in [6.45, 7) is 20.7. The normalized spacial score (nSPS) is 18.5. The van der Waals surface area contributed by atoms with E-state index in [1.165, 1.54) is 12.3 Å². The Kier molecular flexibility index (Phi) is 10.8. The zero-order valence-corrected chi connectivity index (χ0v) is 33.1. The van der Waals surface area contributed by atoms with E-state index in [-0.39, 0.29) is 30.0 Å². The third-order valence-electron chi connectivity index (χ3n) is 10.5. The SMILES string of the molecule is Cc1c(-c2nn(C3CCCCO3)c3ccc(O[C@H](CO[Si](C)(C)C(C)(C)C)c4ccc(F)cn4)cc23)nnn1C1CCN(C(=O)OC(C)(C)C)CC1. The molecule has 1 unspecified atom stereocenters. The summed E-state index contributed by atoms with van der Waals surface area (Å²) in [6, 6.07) is 9.05. The van der Waals surface area contributed by atoms with E-state index < -0.39 is 25.8 Å². The van der Waals surface area contributed by atoms with Gasteiger partial charge in [0.2, 0.25) is 0 Å². The van der Waals surface area contributed by atoms with Crippen LogP contribution >= 0.6 is 0 Å². The van der Waals surface area contributed by atoms with Gasteiger partial charge in [-0.3, -0.25) is 4.98 Å². The number of nitrogens with zero attached hydrogens (tertiary/aromatic N) is 7. The van der Waals surface area contributed by atoms with Crippen LogP contribution in [0.25, 0.3) is 22.3 Å². The summed E-state index contributed by atoms with van der Waals surface area (Å²) in [5, 5.41) is 15.3. The van der Waals surface area contributed by atoms with Gasteiger partial charge in [0.15, 0.2) is 20.6 Å². The fourth-order valence-electron chi connectivity index (χ4n) is 6.45.